The highest BCUT2D eigenvalue weighted by Crippen LogP contribution is 2.38. The van der Waals surface area contributed by atoms with Crippen LogP contribution in [0.2, 0.25) is 0 Å². The second-order valence-corrected chi connectivity index (χ2v) is 6.09. The van der Waals surface area contributed by atoms with Gasteiger partial charge in [-0.05, 0) is 31.9 Å². The molecule has 0 radical (unpaired) electrons. The first-order valence-electron chi connectivity index (χ1n) is 5.48. The molecule has 1 aromatic rings. The molecule has 0 N–H and O–H groups in total. The van der Waals surface area contributed by atoms with E-state index in [4.69, 9.17) is 11.6 Å². The third-order valence-corrected chi connectivity index (χ3v) is 4.71. The number of hydrogen-bond acceptors (Lipinski definition) is 1. The van der Waals surface area contributed by atoms with Crippen LogP contribution >= 0.6 is 22.9 Å². The van der Waals surface area contributed by atoms with Gasteiger partial charge in [0.15, 0.2) is 0 Å². The van der Waals surface area contributed by atoms with Crippen LogP contribution in [0.15, 0.2) is 12.1 Å². The molecule has 0 aromatic carbocycles. The SMILES string of the molecule is Cc1ccc(C2CCCCCC2Cl)s1. The van der Waals surface area contributed by atoms with Gasteiger partial charge < -0.3 is 0 Å². The van der Waals surface area contributed by atoms with Gasteiger partial charge in [-0.15, -0.1) is 22.9 Å². The fourth-order valence-electron chi connectivity index (χ4n) is 2.24. The second kappa shape index (κ2) is 4.67. The number of hydrogen-bond donors (Lipinski definition) is 0. The van der Waals surface area contributed by atoms with Crippen molar-refractivity contribution in [3.05, 3.63) is 21.9 Å². The topological polar surface area (TPSA) is 0 Å². The summed E-state index contributed by atoms with van der Waals surface area (Å²) in [4.78, 5) is 2.91. The molecule has 2 atom stereocenters. The molecule has 1 heterocycles. The molecule has 1 fully saturated rings. The van der Waals surface area contributed by atoms with Crippen molar-refractivity contribution in [2.75, 3.05) is 0 Å². The van der Waals surface area contributed by atoms with E-state index in [1.165, 1.54) is 41.9 Å². The Balaban J connectivity index is 2.14. The molecule has 0 saturated heterocycles. The van der Waals surface area contributed by atoms with Gasteiger partial charge in [0.2, 0.25) is 0 Å². The molecule has 1 saturated carbocycles. The molecule has 0 spiro atoms. The Hall–Kier alpha value is -0.0100. The molecule has 0 bridgehead atoms. The summed E-state index contributed by atoms with van der Waals surface area (Å²) in [5.74, 6) is 0.623. The molecule has 0 amide bonds. The Morgan fingerprint density at radius 1 is 1.21 bits per heavy atom. The first-order valence-corrected chi connectivity index (χ1v) is 6.73. The van der Waals surface area contributed by atoms with Crippen LogP contribution in [0, 0.1) is 6.92 Å². The van der Waals surface area contributed by atoms with Gasteiger partial charge in [-0.25, -0.2) is 0 Å². The summed E-state index contributed by atoms with van der Waals surface area (Å²) in [5, 5.41) is 0.371. The Morgan fingerprint density at radius 3 is 2.71 bits per heavy atom. The molecule has 14 heavy (non-hydrogen) atoms. The Labute approximate surface area is 95.3 Å². The van der Waals surface area contributed by atoms with Crippen molar-refractivity contribution in [1.29, 1.82) is 0 Å². The minimum Gasteiger partial charge on any atom is -0.145 e. The number of alkyl halides is 1. The number of halogens is 1. The van der Waals surface area contributed by atoms with Gasteiger partial charge in [0.1, 0.15) is 0 Å². The van der Waals surface area contributed by atoms with Crippen molar-refractivity contribution >= 4 is 22.9 Å². The minimum absolute atomic E-state index is 0.371. The van der Waals surface area contributed by atoms with E-state index in [-0.39, 0.29) is 0 Å². The number of thiophene rings is 1. The van der Waals surface area contributed by atoms with Gasteiger partial charge in [-0.1, -0.05) is 19.3 Å². The lowest BCUT2D eigenvalue weighted by Gasteiger charge is -2.17. The van der Waals surface area contributed by atoms with E-state index in [0.29, 0.717) is 11.3 Å². The highest BCUT2D eigenvalue weighted by molar-refractivity contribution is 7.12. The van der Waals surface area contributed by atoms with Gasteiger partial charge >= 0.3 is 0 Å². The Morgan fingerprint density at radius 2 is 2.00 bits per heavy atom. The van der Waals surface area contributed by atoms with Crippen LogP contribution in [0.25, 0.3) is 0 Å². The maximum atomic E-state index is 6.44. The fourth-order valence-corrected chi connectivity index (χ4v) is 3.80. The molecule has 1 aliphatic carbocycles. The van der Waals surface area contributed by atoms with Crippen LogP contribution in [0.1, 0.15) is 47.8 Å². The summed E-state index contributed by atoms with van der Waals surface area (Å²) < 4.78 is 0. The second-order valence-electron chi connectivity index (χ2n) is 4.21. The fraction of sp³-hybridized carbons (Fsp3) is 0.667. The predicted molar refractivity (Wildman–Crippen MR) is 64.5 cm³/mol. The first kappa shape index (κ1) is 10.5. The predicted octanol–water partition coefficient (Wildman–Crippen LogP) is 4.71. The largest absolute Gasteiger partial charge is 0.145 e. The zero-order valence-corrected chi connectivity index (χ0v) is 10.2. The molecule has 2 unspecified atom stereocenters. The van der Waals surface area contributed by atoms with Crippen molar-refractivity contribution in [3.63, 3.8) is 0 Å². The van der Waals surface area contributed by atoms with Crippen molar-refractivity contribution in [1.82, 2.24) is 0 Å². The van der Waals surface area contributed by atoms with E-state index >= 15 is 0 Å². The standard InChI is InChI=1S/C12H17ClS/c1-9-7-8-12(14-9)10-5-3-2-4-6-11(10)13/h7-8,10-11H,2-6H2,1H3. The van der Waals surface area contributed by atoms with Crippen LogP contribution in [0.4, 0.5) is 0 Å². The number of aryl methyl sites for hydroxylation is 1. The lowest BCUT2D eigenvalue weighted by atomic mass is 9.98. The Kier molecular flexibility index (Phi) is 3.51. The first-order chi connectivity index (χ1) is 6.77. The number of rotatable bonds is 1. The van der Waals surface area contributed by atoms with Crippen molar-refractivity contribution in [3.8, 4) is 0 Å². The summed E-state index contributed by atoms with van der Waals surface area (Å²) in [5.41, 5.74) is 0. The summed E-state index contributed by atoms with van der Waals surface area (Å²) in [6.45, 7) is 2.17. The van der Waals surface area contributed by atoms with E-state index in [0.717, 1.165) is 0 Å². The molecular weight excluding hydrogens is 212 g/mol. The minimum atomic E-state index is 0.371. The van der Waals surface area contributed by atoms with E-state index in [2.05, 4.69) is 19.1 Å². The van der Waals surface area contributed by atoms with Crippen molar-refractivity contribution in [2.24, 2.45) is 0 Å². The summed E-state index contributed by atoms with van der Waals surface area (Å²) in [7, 11) is 0. The lowest BCUT2D eigenvalue weighted by Crippen LogP contribution is -2.09. The van der Waals surface area contributed by atoms with Gasteiger partial charge in [0.25, 0.3) is 0 Å². The van der Waals surface area contributed by atoms with Crippen LogP contribution < -0.4 is 0 Å². The summed E-state index contributed by atoms with van der Waals surface area (Å²) >= 11 is 8.36. The van der Waals surface area contributed by atoms with Crippen molar-refractivity contribution in [2.45, 2.75) is 50.3 Å². The molecule has 0 nitrogen and oxygen atoms in total. The highest BCUT2D eigenvalue weighted by atomic mass is 35.5. The van der Waals surface area contributed by atoms with Gasteiger partial charge in [-0.3, -0.25) is 0 Å². The highest BCUT2D eigenvalue weighted by Gasteiger charge is 2.24. The van der Waals surface area contributed by atoms with Gasteiger partial charge in [-0.2, -0.15) is 0 Å². The molecule has 0 aliphatic heterocycles. The van der Waals surface area contributed by atoms with Crippen LogP contribution in [-0.4, -0.2) is 5.38 Å². The third-order valence-electron chi connectivity index (χ3n) is 3.06. The lowest BCUT2D eigenvalue weighted by molar-refractivity contribution is 0.609. The molecular formula is C12H17ClS. The monoisotopic (exact) mass is 228 g/mol. The normalized spacial score (nSPS) is 28.7. The quantitative estimate of drug-likeness (QED) is 0.482. The molecule has 2 rings (SSSR count). The van der Waals surface area contributed by atoms with Gasteiger partial charge in [0.05, 0.1) is 0 Å². The third kappa shape index (κ3) is 2.32. The molecule has 1 aliphatic rings. The van der Waals surface area contributed by atoms with E-state index in [1.807, 2.05) is 11.3 Å². The zero-order valence-electron chi connectivity index (χ0n) is 8.63. The van der Waals surface area contributed by atoms with E-state index in [9.17, 15) is 0 Å². The van der Waals surface area contributed by atoms with Crippen LogP contribution in [0.3, 0.4) is 0 Å². The smallest absolute Gasteiger partial charge is 0.0412 e. The van der Waals surface area contributed by atoms with Gasteiger partial charge in [0, 0.05) is 21.0 Å². The van der Waals surface area contributed by atoms with Crippen molar-refractivity contribution < 1.29 is 0 Å². The Bertz CT molecular complexity index is 292. The molecule has 2 heteroatoms. The van der Waals surface area contributed by atoms with E-state index in [1.54, 1.807) is 0 Å². The zero-order chi connectivity index (χ0) is 9.97. The van der Waals surface area contributed by atoms with Crippen LogP contribution in [0.5, 0.6) is 0 Å². The van der Waals surface area contributed by atoms with Crippen LogP contribution in [-0.2, 0) is 0 Å². The molecule has 1 aromatic heterocycles. The average Bonchev–Trinajstić information content (AvgIpc) is 2.46. The molecule has 78 valence electrons. The summed E-state index contributed by atoms with van der Waals surface area (Å²) in [6, 6.07) is 4.49. The maximum Gasteiger partial charge on any atom is 0.0412 e. The maximum absolute atomic E-state index is 6.44. The van der Waals surface area contributed by atoms with E-state index < -0.39 is 0 Å². The average molecular weight is 229 g/mol. The summed E-state index contributed by atoms with van der Waals surface area (Å²) in [6.07, 6.45) is 6.52.